The number of nitrogens with one attached hydrogen (secondary N) is 1. The van der Waals surface area contributed by atoms with Gasteiger partial charge in [0.1, 0.15) is 0 Å². The number of primary amides is 1. The van der Waals surface area contributed by atoms with Crippen molar-refractivity contribution in [3.63, 3.8) is 0 Å². The summed E-state index contributed by atoms with van der Waals surface area (Å²) in [7, 11) is 0. The number of benzene rings is 1. The molecule has 3 N–H and O–H groups in total. The third-order valence-corrected chi connectivity index (χ3v) is 4.75. The van der Waals surface area contributed by atoms with Crippen molar-refractivity contribution in [3.8, 4) is 0 Å². The molecule has 1 aliphatic heterocycles. The summed E-state index contributed by atoms with van der Waals surface area (Å²) < 4.78 is 0. The van der Waals surface area contributed by atoms with Crippen LogP contribution in [0.4, 0.5) is 5.69 Å². The molecule has 1 aromatic carbocycles. The normalized spacial score (nSPS) is 21.0. The van der Waals surface area contributed by atoms with Crippen molar-refractivity contribution >= 4 is 17.5 Å². The average molecular weight is 327 g/mol. The van der Waals surface area contributed by atoms with Crippen LogP contribution in [0.5, 0.6) is 0 Å². The first-order valence-corrected chi connectivity index (χ1v) is 8.71. The molecule has 1 aromatic rings. The quantitative estimate of drug-likeness (QED) is 0.784. The van der Waals surface area contributed by atoms with Gasteiger partial charge in [0, 0.05) is 25.3 Å². The summed E-state index contributed by atoms with van der Waals surface area (Å²) in [5.41, 5.74) is 7.62. The molecule has 5 heteroatoms. The molecule has 2 fully saturated rings. The van der Waals surface area contributed by atoms with Crippen LogP contribution in [0.2, 0.25) is 0 Å². The molecule has 1 aliphatic carbocycles. The molecule has 1 atom stereocenters. The highest BCUT2D eigenvalue weighted by atomic mass is 16.1. The third kappa shape index (κ3) is 4.37. The maximum atomic E-state index is 11.9. The van der Waals surface area contributed by atoms with Crippen molar-refractivity contribution in [2.24, 2.45) is 17.6 Å². The van der Waals surface area contributed by atoms with Gasteiger partial charge in [-0.25, -0.2) is 0 Å². The van der Waals surface area contributed by atoms with Gasteiger partial charge in [-0.15, -0.1) is 0 Å². The summed E-state index contributed by atoms with van der Waals surface area (Å²) in [6.07, 6.45) is 7.84. The maximum absolute atomic E-state index is 11.9. The van der Waals surface area contributed by atoms with Gasteiger partial charge in [0.25, 0.3) is 0 Å². The van der Waals surface area contributed by atoms with Gasteiger partial charge < -0.3 is 16.0 Å². The minimum absolute atomic E-state index is 0.0506. The number of hydrogen-bond donors (Lipinski definition) is 2. The molecule has 5 nitrogen and oxygen atoms in total. The fourth-order valence-corrected chi connectivity index (χ4v) is 3.15. The lowest BCUT2D eigenvalue weighted by Gasteiger charge is -2.34. The first-order valence-electron chi connectivity index (χ1n) is 8.71. The topological polar surface area (TPSA) is 75.4 Å². The molecule has 1 heterocycles. The number of nitrogens with zero attached hydrogens (tertiary/aromatic N) is 1. The highest BCUT2D eigenvalue weighted by molar-refractivity contribution is 5.87. The van der Waals surface area contributed by atoms with E-state index >= 15 is 0 Å². The molecule has 2 amide bonds. The average Bonchev–Trinajstić information content (AvgIpc) is 3.43. The van der Waals surface area contributed by atoms with Gasteiger partial charge >= 0.3 is 0 Å². The number of allylic oxidation sites excluding steroid dienone is 1. The molecule has 0 radical (unpaired) electrons. The van der Waals surface area contributed by atoms with Crippen LogP contribution in [0.15, 0.2) is 36.4 Å². The predicted octanol–water partition coefficient (Wildman–Crippen LogP) is 1.97. The molecule has 24 heavy (non-hydrogen) atoms. The van der Waals surface area contributed by atoms with Gasteiger partial charge in [0.2, 0.25) is 11.8 Å². The summed E-state index contributed by atoms with van der Waals surface area (Å²) >= 11 is 0. The van der Waals surface area contributed by atoms with E-state index in [4.69, 9.17) is 5.73 Å². The molecule has 3 rings (SSSR count). The second kappa shape index (κ2) is 7.51. The van der Waals surface area contributed by atoms with Gasteiger partial charge in [-0.2, -0.15) is 0 Å². The van der Waals surface area contributed by atoms with Crippen LogP contribution in [-0.4, -0.2) is 24.9 Å². The fraction of sp³-hybridized carbons (Fsp3) is 0.474. The van der Waals surface area contributed by atoms with Gasteiger partial charge in [0.15, 0.2) is 0 Å². The molecular formula is C19H25N3O2. The Morgan fingerprint density at radius 1 is 1.25 bits per heavy atom. The van der Waals surface area contributed by atoms with Crippen LogP contribution in [0.3, 0.4) is 0 Å². The molecule has 0 unspecified atom stereocenters. The Bertz CT molecular complexity index is 637. The fourth-order valence-electron chi connectivity index (χ4n) is 3.15. The number of rotatable bonds is 6. The Kier molecular flexibility index (Phi) is 5.18. The highest BCUT2D eigenvalue weighted by Crippen LogP contribution is 2.30. The van der Waals surface area contributed by atoms with E-state index < -0.39 is 0 Å². The van der Waals surface area contributed by atoms with E-state index in [-0.39, 0.29) is 17.7 Å². The van der Waals surface area contributed by atoms with E-state index in [9.17, 15) is 9.59 Å². The zero-order valence-corrected chi connectivity index (χ0v) is 13.9. The molecule has 128 valence electrons. The monoisotopic (exact) mass is 327 g/mol. The van der Waals surface area contributed by atoms with Crippen LogP contribution in [0.1, 0.15) is 31.2 Å². The zero-order chi connectivity index (χ0) is 16.9. The second-order valence-corrected chi connectivity index (χ2v) is 6.73. The number of carbonyl (C=O) groups excluding carboxylic acids is 2. The number of amides is 2. The van der Waals surface area contributed by atoms with Crippen LogP contribution >= 0.6 is 0 Å². The molecule has 2 aliphatic rings. The number of hydrogen-bond acceptors (Lipinski definition) is 3. The number of piperidine rings is 1. The lowest BCUT2D eigenvalue weighted by atomic mass is 9.96. The summed E-state index contributed by atoms with van der Waals surface area (Å²) in [6, 6.07) is 8.03. The molecule has 0 aromatic heterocycles. The third-order valence-electron chi connectivity index (χ3n) is 4.75. The Labute approximate surface area is 142 Å². The van der Waals surface area contributed by atoms with Crippen LogP contribution in [-0.2, 0) is 16.1 Å². The maximum Gasteiger partial charge on any atom is 0.243 e. The molecular weight excluding hydrogens is 302 g/mol. The van der Waals surface area contributed by atoms with E-state index in [1.54, 1.807) is 6.08 Å². The Hall–Kier alpha value is -2.30. The van der Waals surface area contributed by atoms with E-state index in [0.29, 0.717) is 19.0 Å². The highest BCUT2D eigenvalue weighted by Gasteiger charge is 2.25. The van der Waals surface area contributed by atoms with E-state index in [1.807, 2.05) is 30.3 Å². The van der Waals surface area contributed by atoms with Crippen LogP contribution in [0.25, 0.3) is 0 Å². The number of para-hydroxylation sites is 1. The van der Waals surface area contributed by atoms with Gasteiger partial charge in [-0.05, 0) is 49.3 Å². The minimum Gasteiger partial charge on any atom is -0.370 e. The first kappa shape index (κ1) is 16.6. The lowest BCUT2D eigenvalue weighted by Crippen LogP contribution is -2.41. The standard InChI is InChI=1S/C19H25N3O2/c20-19(24)16-5-3-11-22(13-16)17-6-2-1-4-15(17)12-21-18(23)10-9-14-7-8-14/h1-2,4,6,9-10,14,16H,3,5,7-8,11-13H2,(H2,20,24)(H,21,23)/b10-9+/t16-/m0/s1. The van der Waals surface area contributed by atoms with Crippen LogP contribution < -0.4 is 16.0 Å². The van der Waals surface area contributed by atoms with Gasteiger partial charge in [-0.3, -0.25) is 9.59 Å². The second-order valence-electron chi connectivity index (χ2n) is 6.73. The van der Waals surface area contributed by atoms with E-state index in [2.05, 4.69) is 10.2 Å². The van der Waals surface area contributed by atoms with Crippen molar-refractivity contribution in [1.29, 1.82) is 0 Å². The largest absolute Gasteiger partial charge is 0.370 e. The van der Waals surface area contributed by atoms with Crippen molar-refractivity contribution < 1.29 is 9.59 Å². The summed E-state index contributed by atoms with van der Waals surface area (Å²) in [5, 5.41) is 2.95. The SMILES string of the molecule is NC(=O)[C@H]1CCCN(c2ccccc2CNC(=O)/C=C/C2CC2)C1. The molecule has 0 bridgehead atoms. The first-order chi connectivity index (χ1) is 11.6. The predicted molar refractivity (Wildman–Crippen MR) is 94.3 cm³/mol. The molecule has 1 saturated carbocycles. The summed E-state index contributed by atoms with van der Waals surface area (Å²) in [6.45, 7) is 2.06. The molecule has 0 spiro atoms. The Morgan fingerprint density at radius 3 is 2.79 bits per heavy atom. The van der Waals surface area contributed by atoms with Crippen molar-refractivity contribution in [1.82, 2.24) is 5.32 Å². The number of nitrogens with two attached hydrogens (primary N) is 1. The Morgan fingerprint density at radius 2 is 2.04 bits per heavy atom. The summed E-state index contributed by atoms with van der Waals surface area (Å²) in [4.78, 5) is 25.6. The Balaban J connectivity index is 1.63. The van der Waals surface area contributed by atoms with Gasteiger partial charge in [0.05, 0.1) is 5.92 Å². The van der Waals surface area contributed by atoms with Crippen molar-refractivity contribution in [2.45, 2.75) is 32.2 Å². The van der Waals surface area contributed by atoms with Gasteiger partial charge in [-0.1, -0.05) is 24.3 Å². The lowest BCUT2D eigenvalue weighted by molar-refractivity contribution is -0.122. The molecule has 1 saturated heterocycles. The zero-order valence-electron chi connectivity index (χ0n) is 13.9. The van der Waals surface area contributed by atoms with Crippen molar-refractivity contribution in [2.75, 3.05) is 18.0 Å². The number of carbonyl (C=O) groups is 2. The number of anilines is 1. The smallest absolute Gasteiger partial charge is 0.243 e. The minimum atomic E-state index is -0.226. The van der Waals surface area contributed by atoms with Crippen LogP contribution in [0, 0.1) is 11.8 Å². The van der Waals surface area contributed by atoms with Crippen molar-refractivity contribution in [3.05, 3.63) is 42.0 Å². The summed E-state index contributed by atoms with van der Waals surface area (Å²) in [5.74, 6) is 0.228. The van der Waals surface area contributed by atoms with E-state index in [1.165, 1.54) is 12.8 Å². The van der Waals surface area contributed by atoms with E-state index in [0.717, 1.165) is 30.6 Å².